The second-order valence-electron chi connectivity index (χ2n) is 4.86. The Morgan fingerprint density at radius 3 is 3.00 bits per heavy atom. The summed E-state index contributed by atoms with van der Waals surface area (Å²) < 4.78 is 6.53. The Balaban J connectivity index is 1.87. The Morgan fingerprint density at radius 1 is 1.56 bits per heavy atom. The summed E-state index contributed by atoms with van der Waals surface area (Å²) in [6.07, 6.45) is 1.92. The van der Waals surface area contributed by atoms with Gasteiger partial charge in [0.2, 0.25) is 0 Å². The molecule has 0 aliphatic heterocycles. The highest BCUT2D eigenvalue weighted by Crippen LogP contribution is 2.44. The molecule has 18 heavy (non-hydrogen) atoms. The lowest BCUT2D eigenvalue weighted by Crippen LogP contribution is -2.13. The van der Waals surface area contributed by atoms with Crippen molar-refractivity contribution in [3.63, 3.8) is 0 Å². The van der Waals surface area contributed by atoms with E-state index in [4.69, 9.17) is 9.68 Å². The standard InChI is InChI=1S/C13H13N3O2/c1-16-10-6-9(2-3-11(10)18-12(16)17)15-8-13(7-14)4-5-13/h2-3,6,15H,4-5,8H2,1H3. The molecule has 0 bridgehead atoms. The Hall–Kier alpha value is -2.22. The molecule has 0 radical (unpaired) electrons. The van der Waals surface area contributed by atoms with Crippen LogP contribution in [0, 0.1) is 16.7 Å². The molecule has 0 saturated heterocycles. The number of nitrogens with one attached hydrogen (secondary N) is 1. The highest BCUT2D eigenvalue weighted by molar-refractivity contribution is 5.77. The maximum absolute atomic E-state index is 11.4. The second-order valence-corrected chi connectivity index (χ2v) is 4.86. The molecule has 0 spiro atoms. The van der Waals surface area contributed by atoms with Crippen molar-refractivity contribution >= 4 is 16.8 Å². The lowest BCUT2D eigenvalue weighted by molar-refractivity contribution is 0.528. The molecule has 92 valence electrons. The van der Waals surface area contributed by atoms with Crippen LogP contribution in [0.2, 0.25) is 0 Å². The molecule has 2 aromatic rings. The Morgan fingerprint density at radius 2 is 2.33 bits per heavy atom. The van der Waals surface area contributed by atoms with Crippen LogP contribution in [0.25, 0.3) is 11.1 Å². The van der Waals surface area contributed by atoms with Gasteiger partial charge in [0.15, 0.2) is 5.58 Å². The number of fused-ring (bicyclic) bond motifs is 1. The van der Waals surface area contributed by atoms with E-state index in [0.29, 0.717) is 12.1 Å². The fourth-order valence-electron chi connectivity index (χ4n) is 1.99. The fourth-order valence-corrected chi connectivity index (χ4v) is 1.99. The Labute approximate surface area is 104 Å². The average molecular weight is 243 g/mol. The van der Waals surface area contributed by atoms with Gasteiger partial charge in [-0.2, -0.15) is 5.26 Å². The number of benzene rings is 1. The number of nitrogens with zero attached hydrogens (tertiary/aromatic N) is 2. The van der Waals surface area contributed by atoms with Crippen molar-refractivity contribution < 1.29 is 4.42 Å². The minimum Gasteiger partial charge on any atom is -0.408 e. The van der Waals surface area contributed by atoms with Crippen LogP contribution >= 0.6 is 0 Å². The van der Waals surface area contributed by atoms with Gasteiger partial charge < -0.3 is 9.73 Å². The molecule has 0 amide bonds. The van der Waals surface area contributed by atoms with Gasteiger partial charge in [-0.25, -0.2) is 4.79 Å². The summed E-state index contributed by atoms with van der Waals surface area (Å²) in [7, 11) is 1.68. The molecule has 3 rings (SSSR count). The van der Waals surface area contributed by atoms with Gasteiger partial charge in [-0.05, 0) is 31.0 Å². The van der Waals surface area contributed by atoms with Crippen LogP contribution in [-0.4, -0.2) is 11.1 Å². The van der Waals surface area contributed by atoms with Crippen LogP contribution < -0.4 is 11.1 Å². The minimum absolute atomic E-state index is 0.183. The minimum atomic E-state index is -0.363. The first-order chi connectivity index (χ1) is 8.63. The van der Waals surface area contributed by atoms with E-state index in [1.807, 2.05) is 12.1 Å². The summed E-state index contributed by atoms with van der Waals surface area (Å²) in [6, 6.07) is 7.84. The summed E-state index contributed by atoms with van der Waals surface area (Å²) in [5, 5.41) is 12.3. The van der Waals surface area contributed by atoms with Crippen LogP contribution in [0.1, 0.15) is 12.8 Å². The number of hydrogen-bond donors (Lipinski definition) is 1. The van der Waals surface area contributed by atoms with E-state index in [1.54, 1.807) is 13.1 Å². The van der Waals surface area contributed by atoms with Gasteiger partial charge >= 0.3 is 5.76 Å². The quantitative estimate of drug-likeness (QED) is 0.893. The fraction of sp³-hybridized carbons (Fsp3) is 0.385. The van der Waals surface area contributed by atoms with Crippen LogP contribution in [0.5, 0.6) is 0 Å². The SMILES string of the molecule is Cn1c(=O)oc2ccc(NCC3(C#N)CC3)cc21. The normalized spacial score (nSPS) is 16.4. The van der Waals surface area contributed by atoms with Crippen molar-refractivity contribution in [3.05, 3.63) is 28.7 Å². The number of hydrogen-bond acceptors (Lipinski definition) is 4. The molecule has 1 aromatic carbocycles. The van der Waals surface area contributed by atoms with Crippen LogP contribution in [-0.2, 0) is 7.05 Å². The summed E-state index contributed by atoms with van der Waals surface area (Å²) in [6.45, 7) is 0.654. The van der Waals surface area contributed by atoms with Gasteiger partial charge in [-0.3, -0.25) is 4.57 Å². The molecular formula is C13H13N3O2. The second kappa shape index (κ2) is 3.64. The van der Waals surface area contributed by atoms with Gasteiger partial charge in [0, 0.05) is 19.3 Å². The van der Waals surface area contributed by atoms with E-state index < -0.39 is 0 Å². The van der Waals surface area contributed by atoms with Gasteiger partial charge in [0.1, 0.15) is 0 Å². The maximum atomic E-state index is 11.4. The van der Waals surface area contributed by atoms with Crippen molar-refractivity contribution in [2.75, 3.05) is 11.9 Å². The number of nitriles is 1. The van der Waals surface area contributed by atoms with Gasteiger partial charge in [0.05, 0.1) is 17.0 Å². The lowest BCUT2D eigenvalue weighted by Gasteiger charge is -2.09. The van der Waals surface area contributed by atoms with E-state index in [0.717, 1.165) is 24.0 Å². The summed E-state index contributed by atoms with van der Waals surface area (Å²) in [5.74, 6) is -0.363. The highest BCUT2D eigenvalue weighted by atomic mass is 16.4. The lowest BCUT2D eigenvalue weighted by atomic mass is 10.1. The molecule has 1 fully saturated rings. The largest absolute Gasteiger partial charge is 0.419 e. The maximum Gasteiger partial charge on any atom is 0.419 e. The van der Waals surface area contributed by atoms with Crippen LogP contribution in [0.15, 0.2) is 27.4 Å². The zero-order valence-corrected chi connectivity index (χ0v) is 10.1. The summed E-state index contributed by atoms with van der Waals surface area (Å²) >= 11 is 0. The topological polar surface area (TPSA) is 71.0 Å². The molecule has 1 heterocycles. The predicted molar refractivity (Wildman–Crippen MR) is 67.2 cm³/mol. The number of oxazole rings is 1. The first-order valence-electron chi connectivity index (χ1n) is 5.88. The number of anilines is 1. The van der Waals surface area contributed by atoms with Crippen molar-refractivity contribution in [2.45, 2.75) is 12.8 Å². The number of rotatable bonds is 3. The third kappa shape index (κ3) is 1.66. The molecule has 1 saturated carbocycles. The molecule has 5 nitrogen and oxygen atoms in total. The van der Waals surface area contributed by atoms with Gasteiger partial charge in [-0.15, -0.1) is 0 Å². The van der Waals surface area contributed by atoms with Crippen molar-refractivity contribution in [1.29, 1.82) is 5.26 Å². The molecule has 0 atom stereocenters. The average Bonchev–Trinajstić information content (AvgIpc) is 3.11. The first kappa shape index (κ1) is 10.9. The first-order valence-corrected chi connectivity index (χ1v) is 5.88. The molecule has 0 unspecified atom stereocenters. The van der Waals surface area contributed by atoms with E-state index in [-0.39, 0.29) is 11.2 Å². The third-order valence-corrected chi connectivity index (χ3v) is 3.51. The molecule has 1 N–H and O–H groups in total. The van der Waals surface area contributed by atoms with Gasteiger partial charge in [0.25, 0.3) is 0 Å². The van der Waals surface area contributed by atoms with Crippen molar-refractivity contribution in [1.82, 2.24) is 4.57 Å². The molecular weight excluding hydrogens is 230 g/mol. The molecule has 1 aromatic heterocycles. The van der Waals surface area contributed by atoms with Crippen LogP contribution in [0.4, 0.5) is 5.69 Å². The molecule has 5 heteroatoms. The predicted octanol–water partition coefficient (Wildman–Crippen LogP) is 1.85. The van der Waals surface area contributed by atoms with Crippen molar-refractivity contribution in [3.8, 4) is 6.07 Å². The summed E-state index contributed by atoms with van der Waals surface area (Å²) in [4.78, 5) is 11.4. The zero-order valence-electron chi connectivity index (χ0n) is 10.1. The zero-order chi connectivity index (χ0) is 12.8. The number of aryl methyl sites for hydroxylation is 1. The van der Waals surface area contributed by atoms with Crippen LogP contribution in [0.3, 0.4) is 0 Å². The molecule has 1 aliphatic carbocycles. The number of aromatic nitrogens is 1. The van der Waals surface area contributed by atoms with E-state index in [9.17, 15) is 4.79 Å². The highest BCUT2D eigenvalue weighted by Gasteiger charge is 2.42. The van der Waals surface area contributed by atoms with E-state index in [2.05, 4.69) is 11.4 Å². The van der Waals surface area contributed by atoms with Crippen molar-refractivity contribution in [2.24, 2.45) is 12.5 Å². The van der Waals surface area contributed by atoms with E-state index >= 15 is 0 Å². The van der Waals surface area contributed by atoms with E-state index in [1.165, 1.54) is 4.57 Å². The smallest absolute Gasteiger partial charge is 0.408 e. The Bertz CT molecular complexity index is 701. The molecule has 1 aliphatic rings. The third-order valence-electron chi connectivity index (χ3n) is 3.51. The van der Waals surface area contributed by atoms with Gasteiger partial charge in [-0.1, -0.05) is 0 Å². The monoisotopic (exact) mass is 243 g/mol. The summed E-state index contributed by atoms with van der Waals surface area (Å²) in [5.41, 5.74) is 2.05. The Kier molecular flexibility index (Phi) is 2.20.